The Hall–Kier alpha value is -1.88. The van der Waals surface area contributed by atoms with Crippen LogP contribution in [0.25, 0.3) is 10.9 Å². The van der Waals surface area contributed by atoms with E-state index in [0.717, 1.165) is 36.1 Å². The highest BCUT2D eigenvalue weighted by atomic mass is 16.1. The first-order valence-electron chi connectivity index (χ1n) is 7.14. The number of anilines is 1. The van der Waals surface area contributed by atoms with Crippen LogP contribution in [0, 0.1) is 5.92 Å². The Morgan fingerprint density at radius 2 is 2.35 bits per heavy atom. The van der Waals surface area contributed by atoms with Gasteiger partial charge in [0.15, 0.2) is 0 Å². The van der Waals surface area contributed by atoms with Gasteiger partial charge in [-0.25, -0.2) is 0 Å². The number of hydrogen-bond acceptors (Lipinski definition) is 3. The molecule has 20 heavy (non-hydrogen) atoms. The number of fused-ring (bicyclic) bond motifs is 1. The number of benzene rings is 1. The molecule has 0 spiro atoms. The summed E-state index contributed by atoms with van der Waals surface area (Å²) >= 11 is 0. The number of rotatable bonds is 3. The Labute approximate surface area is 118 Å². The summed E-state index contributed by atoms with van der Waals surface area (Å²) in [4.78, 5) is 12.1. The van der Waals surface area contributed by atoms with Gasteiger partial charge in [-0.15, -0.1) is 0 Å². The van der Waals surface area contributed by atoms with Crippen LogP contribution in [0.3, 0.4) is 0 Å². The molecule has 1 fully saturated rings. The standard InChI is InChI=1S/C15H20N4O/c1-10(2)19-9-12-7-13(3-4-14(12)18-19)17-15(20)11-5-6-16-8-11/h3-4,7,9-11,16H,5-6,8H2,1-2H3,(H,17,20)/t11-/m0/s1. The highest BCUT2D eigenvalue weighted by Gasteiger charge is 2.22. The van der Waals surface area contributed by atoms with Crippen molar-refractivity contribution >= 4 is 22.5 Å². The molecule has 1 aliphatic heterocycles. The summed E-state index contributed by atoms with van der Waals surface area (Å²) < 4.78 is 1.94. The highest BCUT2D eigenvalue weighted by molar-refractivity contribution is 5.95. The van der Waals surface area contributed by atoms with Crippen LogP contribution >= 0.6 is 0 Å². The van der Waals surface area contributed by atoms with Crippen LogP contribution in [0.15, 0.2) is 24.4 Å². The first kappa shape index (κ1) is 13.1. The Morgan fingerprint density at radius 3 is 3.05 bits per heavy atom. The zero-order chi connectivity index (χ0) is 14.1. The lowest BCUT2D eigenvalue weighted by molar-refractivity contribution is -0.119. The second kappa shape index (κ2) is 5.25. The summed E-state index contributed by atoms with van der Waals surface area (Å²) in [6.45, 7) is 5.90. The van der Waals surface area contributed by atoms with E-state index in [1.165, 1.54) is 0 Å². The lowest BCUT2D eigenvalue weighted by atomic mass is 10.1. The Kier molecular flexibility index (Phi) is 3.44. The monoisotopic (exact) mass is 272 g/mol. The second-order valence-electron chi connectivity index (χ2n) is 5.66. The number of carbonyl (C=O) groups excluding carboxylic acids is 1. The molecule has 0 aliphatic carbocycles. The summed E-state index contributed by atoms with van der Waals surface area (Å²) in [5, 5.41) is 11.8. The van der Waals surface area contributed by atoms with Crippen molar-refractivity contribution in [1.29, 1.82) is 0 Å². The number of hydrogen-bond donors (Lipinski definition) is 2. The Morgan fingerprint density at radius 1 is 1.50 bits per heavy atom. The van der Waals surface area contributed by atoms with E-state index in [4.69, 9.17) is 0 Å². The van der Waals surface area contributed by atoms with Crippen molar-refractivity contribution in [3.8, 4) is 0 Å². The molecule has 5 nitrogen and oxygen atoms in total. The molecule has 1 aromatic heterocycles. The Bertz CT molecular complexity index is 626. The van der Waals surface area contributed by atoms with Crippen molar-refractivity contribution in [2.24, 2.45) is 5.92 Å². The molecule has 0 radical (unpaired) electrons. The molecule has 1 aliphatic rings. The summed E-state index contributed by atoms with van der Waals surface area (Å²) in [6, 6.07) is 6.20. The van der Waals surface area contributed by atoms with Gasteiger partial charge in [0, 0.05) is 29.9 Å². The van der Waals surface area contributed by atoms with Gasteiger partial charge in [0.05, 0.1) is 11.4 Å². The van der Waals surface area contributed by atoms with E-state index in [0.29, 0.717) is 6.04 Å². The van der Waals surface area contributed by atoms with Gasteiger partial charge in [0.1, 0.15) is 0 Å². The third-order valence-electron chi connectivity index (χ3n) is 3.75. The smallest absolute Gasteiger partial charge is 0.228 e. The molecule has 5 heteroatoms. The molecule has 106 valence electrons. The van der Waals surface area contributed by atoms with Crippen molar-refractivity contribution in [3.63, 3.8) is 0 Å². The van der Waals surface area contributed by atoms with E-state index in [1.807, 2.05) is 29.1 Å². The molecule has 3 rings (SSSR count). The second-order valence-corrected chi connectivity index (χ2v) is 5.66. The maximum absolute atomic E-state index is 12.1. The lowest BCUT2D eigenvalue weighted by Gasteiger charge is -2.09. The third-order valence-corrected chi connectivity index (χ3v) is 3.75. The van der Waals surface area contributed by atoms with Crippen molar-refractivity contribution in [3.05, 3.63) is 24.4 Å². The van der Waals surface area contributed by atoms with Crippen molar-refractivity contribution in [2.75, 3.05) is 18.4 Å². The molecule has 2 heterocycles. The maximum atomic E-state index is 12.1. The van der Waals surface area contributed by atoms with E-state index >= 15 is 0 Å². The zero-order valence-electron chi connectivity index (χ0n) is 11.9. The quantitative estimate of drug-likeness (QED) is 0.900. The van der Waals surface area contributed by atoms with E-state index < -0.39 is 0 Å². The predicted octanol–water partition coefficient (Wildman–Crippen LogP) is 2.17. The maximum Gasteiger partial charge on any atom is 0.228 e. The van der Waals surface area contributed by atoms with Gasteiger partial charge in [0.2, 0.25) is 5.91 Å². The van der Waals surface area contributed by atoms with Crippen molar-refractivity contribution in [2.45, 2.75) is 26.3 Å². The summed E-state index contributed by atoms with van der Waals surface area (Å²) in [7, 11) is 0. The van der Waals surface area contributed by atoms with Crippen LogP contribution in [-0.2, 0) is 4.79 Å². The van der Waals surface area contributed by atoms with E-state index in [-0.39, 0.29) is 11.8 Å². The fraction of sp³-hybridized carbons (Fsp3) is 0.467. The molecule has 1 saturated heterocycles. The van der Waals surface area contributed by atoms with Gasteiger partial charge < -0.3 is 10.6 Å². The summed E-state index contributed by atoms with van der Waals surface area (Å²) in [6.07, 6.45) is 2.94. The summed E-state index contributed by atoms with van der Waals surface area (Å²) in [5.41, 5.74) is 1.80. The molecule has 1 aromatic carbocycles. The van der Waals surface area contributed by atoms with Gasteiger partial charge in [-0.2, -0.15) is 5.10 Å². The minimum Gasteiger partial charge on any atom is -0.326 e. The SMILES string of the molecule is CC(C)n1cc2cc(NC(=O)[C@H]3CCNC3)ccc2n1. The molecule has 0 saturated carbocycles. The minimum atomic E-state index is 0.0871. The van der Waals surface area contributed by atoms with Gasteiger partial charge >= 0.3 is 0 Å². The van der Waals surface area contributed by atoms with E-state index in [1.54, 1.807) is 0 Å². The Balaban J connectivity index is 1.79. The zero-order valence-corrected chi connectivity index (χ0v) is 11.9. The van der Waals surface area contributed by atoms with Crippen molar-refractivity contribution < 1.29 is 4.79 Å². The molecule has 0 bridgehead atoms. The topological polar surface area (TPSA) is 59.0 Å². The van der Waals surface area contributed by atoms with Gasteiger partial charge in [-0.1, -0.05) is 0 Å². The number of carbonyl (C=O) groups is 1. The van der Waals surface area contributed by atoms with Gasteiger partial charge in [0.25, 0.3) is 0 Å². The fourth-order valence-electron chi connectivity index (χ4n) is 2.51. The largest absolute Gasteiger partial charge is 0.326 e. The van der Waals surface area contributed by atoms with Crippen LogP contribution in [0.5, 0.6) is 0 Å². The number of nitrogens with one attached hydrogen (secondary N) is 2. The normalized spacial score (nSPS) is 18.9. The predicted molar refractivity (Wildman–Crippen MR) is 79.7 cm³/mol. The number of nitrogens with zero attached hydrogens (tertiary/aromatic N) is 2. The van der Waals surface area contributed by atoms with Crippen LogP contribution in [-0.4, -0.2) is 28.8 Å². The van der Waals surface area contributed by atoms with E-state index in [2.05, 4.69) is 29.6 Å². The van der Waals surface area contributed by atoms with Crippen molar-refractivity contribution in [1.82, 2.24) is 15.1 Å². The first-order chi connectivity index (χ1) is 9.63. The average molecular weight is 272 g/mol. The first-order valence-corrected chi connectivity index (χ1v) is 7.14. The highest BCUT2D eigenvalue weighted by Crippen LogP contribution is 2.21. The third kappa shape index (κ3) is 2.54. The minimum absolute atomic E-state index is 0.0871. The van der Waals surface area contributed by atoms with Crippen LogP contribution < -0.4 is 10.6 Å². The molecular formula is C15H20N4O. The lowest BCUT2D eigenvalue weighted by Crippen LogP contribution is -2.24. The fourth-order valence-corrected chi connectivity index (χ4v) is 2.51. The summed E-state index contributed by atoms with van der Waals surface area (Å²) in [5.74, 6) is 0.190. The van der Waals surface area contributed by atoms with Crippen LogP contribution in [0.4, 0.5) is 5.69 Å². The average Bonchev–Trinajstić information content (AvgIpc) is 3.07. The van der Waals surface area contributed by atoms with Gasteiger partial charge in [-0.3, -0.25) is 9.48 Å². The molecular weight excluding hydrogens is 252 g/mol. The number of aromatic nitrogens is 2. The number of amides is 1. The van der Waals surface area contributed by atoms with Crippen LogP contribution in [0.1, 0.15) is 26.3 Å². The molecule has 1 amide bonds. The molecule has 0 unspecified atom stereocenters. The van der Waals surface area contributed by atoms with Crippen LogP contribution in [0.2, 0.25) is 0 Å². The van der Waals surface area contributed by atoms with Gasteiger partial charge in [-0.05, 0) is 45.0 Å². The van der Waals surface area contributed by atoms with E-state index in [9.17, 15) is 4.79 Å². The molecule has 1 atom stereocenters. The molecule has 2 N–H and O–H groups in total. The molecule has 2 aromatic rings.